The molecule has 186 valence electrons. The quantitative estimate of drug-likeness (QED) is 0.173. The second-order valence-electron chi connectivity index (χ2n) is 8.74. The number of benzene rings is 1. The summed E-state index contributed by atoms with van der Waals surface area (Å²) >= 11 is 1.83. The third-order valence-corrected chi connectivity index (χ3v) is 7.92. The molecule has 8 N–H and O–H groups in total. The second-order valence-corrected chi connectivity index (χ2v) is 9.92. The Morgan fingerprint density at radius 3 is 2.54 bits per heavy atom. The molecule has 35 heavy (non-hydrogen) atoms. The second kappa shape index (κ2) is 11.7. The van der Waals surface area contributed by atoms with E-state index in [4.69, 9.17) is 11.7 Å². The zero-order valence-electron chi connectivity index (χ0n) is 19.7. The fourth-order valence-corrected chi connectivity index (χ4v) is 5.46. The Hall–Kier alpha value is -2.83. The standard InChI is InChI=1S/C24H32N8O2S/c1-2-17-6-3-14(12-35-17)11-27-23(33)20-10-21(29-13-28-20)24(34)30-19-8-5-15-9-16(4-7-18(15)19)22(31-25)32-26/h4,7,9-10,12-13,17,19,22,31-32H,2-3,5-6,8,11,25-26H2,1H3,(H,27,33)(H,30,34). The molecule has 10 nitrogen and oxygen atoms in total. The third kappa shape index (κ3) is 6.06. The molecule has 2 atom stereocenters. The highest BCUT2D eigenvalue weighted by Gasteiger charge is 2.26. The van der Waals surface area contributed by atoms with Crippen molar-refractivity contribution in [2.24, 2.45) is 11.7 Å². The van der Waals surface area contributed by atoms with Gasteiger partial charge in [0.15, 0.2) is 0 Å². The van der Waals surface area contributed by atoms with E-state index < -0.39 is 0 Å². The van der Waals surface area contributed by atoms with Crippen LogP contribution in [0.1, 0.15) is 82.5 Å². The van der Waals surface area contributed by atoms with Crippen molar-refractivity contribution in [3.8, 4) is 0 Å². The van der Waals surface area contributed by atoms with Crippen LogP contribution in [0.25, 0.3) is 0 Å². The zero-order valence-corrected chi connectivity index (χ0v) is 20.5. The van der Waals surface area contributed by atoms with Crippen LogP contribution in [-0.4, -0.2) is 33.6 Å². The van der Waals surface area contributed by atoms with E-state index >= 15 is 0 Å². The molecule has 1 aliphatic heterocycles. The molecule has 1 aromatic carbocycles. The first-order chi connectivity index (χ1) is 17.0. The number of nitrogens with two attached hydrogens (primary N) is 2. The summed E-state index contributed by atoms with van der Waals surface area (Å²) in [4.78, 5) is 33.7. The number of carbonyl (C=O) groups is 2. The lowest BCUT2D eigenvalue weighted by molar-refractivity contribution is 0.0931. The van der Waals surface area contributed by atoms with Crippen LogP contribution in [0.3, 0.4) is 0 Å². The van der Waals surface area contributed by atoms with Crippen molar-refractivity contribution in [3.63, 3.8) is 0 Å². The molecule has 0 fully saturated rings. The van der Waals surface area contributed by atoms with Gasteiger partial charge in [0, 0.05) is 17.9 Å². The van der Waals surface area contributed by atoms with Crippen LogP contribution in [0, 0.1) is 0 Å². The Labute approximate surface area is 209 Å². The summed E-state index contributed by atoms with van der Waals surface area (Å²) in [6.45, 7) is 2.67. The maximum Gasteiger partial charge on any atom is 0.270 e. The molecule has 0 saturated carbocycles. The predicted octanol–water partition coefficient (Wildman–Crippen LogP) is 1.74. The Morgan fingerprint density at radius 2 is 1.86 bits per heavy atom. The zero-order chi connectivity index (χ0) is 24.8. The SMILES string of the molecule is CCC1CCC(CNC(=O)c2cc(C(=O)NC3CCc4cc(C(NN)NN)ccc43)ncn2)=CS1. The first-order valence-electron chi connectivity index (χ1n) is 11.8. The lowest BCUT2D eigenvalue weighted by atomic mass is 10.0. The van der Waals surface area contributed by atoms with Crippen molar-refractivity contribution in [3.05, 3.63) is 69.7 Å². The largest absolute Gasteiger partial charge is 0.347 e. The molecule has 0 radical (unpaired) electrons. The summed E-state index contributed by atoms with van der Waals surface area (Å²) in [6.07, 6.45) is 5.74. The van der Waals surface area contributed by atoms with E-state index in [1.807, 2.05) is 30.0 Å². The van der Waals surface area contributed by atoms with Crippen LogP contribution in [0.2, 0.25) is 0 Å². The van der Waals surface area contributed by atoms with Crippen LogP contribution in [-0.2, 0) is 6.42 Å². The van der Waals surface area contributed by atoms with E-state index in [-0.39, 0.29) is 35.4 Å². The number of rotatable bonds is 9. The van der Waals surface area contributed by atoms with Crippen molar-refractivity contribution in [1.82, 2.24) is 31.5 Å². The summed E-state index contributed by atoms with van der Waals surface area (Å²) in [7, 11) is 0. The Morgan fingerprint density at radius 1 is 1.09 bits per heavy atom. The monoisotopic (exact) mass is 496 g/mol. The summed E-state index contributed by atoms with van der Waals surface area (Å²) in [5.74, 6) is 10.4. The predicted molar refractivity (Wildman–Crippen MR) is 136 cm³/mol. The number of fused-ring (bicyclic) bond motifs is 1. The highest BCUT2D eigenvalue weighted by molar-refractivity contribution is 8.02. The van der Waals surface area contributed by atoms with Crippen LogP contribution < -0.4 is 33.2 Å². The molecular weight excluding hydrogens is 464 g/mol. The summed E-state index contributed by atoms with van der Waals surface area (Å²) in [5, 5.41) is 8.75. The van der Waals surface area contributed by atoms with Gasteiger partial charge in [-0.15, -0.1) is 11.8 Å². The van der Waals surface area contributed by atoms with E-state index in [9.17, 15) is 9.59 Å². The lowest BCUT2D eigenvalue weighted by Gasteiger charge is -2.20. The van der Waals surface area contributed by atoms with E-state index in [2.05, 4.69) is 43.8 Å². The first-order valence-corrected chi connectivity index (χ1v) is 12.8. The fourth-order valence-electron chi connectivity index (χ4n) is 4.43. The number of nitrogens with zero attached hydrogens (tertiary/aromatic N) is 2. The molecule has 1 aliphatic carbocycles. The van der Waals surface area contributed by atoms with E-state index in [0.717, 1.165) is 48.8 Å². The van der Waals surface area contributed by atoms with Gasteiger partial charge >= 0.3 is 0 Å². The smallest absolute Gasteiger partial charge is 0.270 e. The molecule has 2 aliphatic rings. The minimum atomic E-state index is -0.360. The van der Waals surface area contributed by atoms with Crippen molar-refractivity contribution < 1.29 is 9.59 Å². The van der Waals surface area contributed by atoms with Gasteiger partial charge in [0.25, 0.3) is 11.8 Å². The number of hydrogen-bond donors (Lipinski definition) is 6. The molecule has 0 bridgehead atoms. The molecule has 11 heteroatoms. The van der Waals surface area contributed by atoms with Crippen LogP contribution in [0.15, 0.2) is 41.6 Å². The maximum atomic E-state index is 12.9. The number of nitrogens with one attached hydrogen (secondary N) is 4. The fraction of sp³-hybridized carbons (Fsp3) is 0.417. The number of aromatic nitrogens is 2. The minimum absolute atomic E-state index is 0.142. The molecule has 2 heterocycles. The van der Waals surface area contributed by atoms with E-state index in [1.165, 1.54) is 18.0 Å². The number of carbonyl (C=O) groups excluding carboxylic acids is 2. The molecule has 2 amide bonds. The topological polar surface area (TPSA) is 160 Å². The van der Waals surface area contributed by atoms with Crippen molar-refractivity contribution >= 4 is 23.6 Å². The van der Waals surface area contributed by atoms with Gasteiger partial charge in [0.1, 0.15) is 23.9 Å². The first kappa shape index (κ1) is 25.3. The molecule has 2 aromatic rings. The van der Waals surface area contributed by atoms with Crippen molar-refractivity contribution in [2.45, 2.75) is 56.5 Å². The highest BCUT2D eigenvalue weighted by atomic mass is 32.2. The molecule has 4 rings (SSSR count). The van der Waals surface area contributed by atoms with Gasteiger partial charge in [-0.3, -0.25) is 21.3 Å². The van der Waals surface area contributed by atoms with Crippen molar-refractivity contribution in [1.29, 1.82) is 0 Å². The van der Waals surface area contributed by atoms with E-state index in [0.29, 0.717) is 11.8 Å². The summed E-state index contributed by atoms with van der Waals surface area (Å²) in [5.41, 5.74) is 9.86. The normalized spacial score (nSPS) is 19.3. The number of aryl methyl sites for hydroxylation is 1. The average molecular weight is 497 g/mol. The van der Waals surface area contributed by atoms with Crippen LogP contribution in [0.5, 0.6) is 0 Å². The third-order valence-electron chi connectivity index (χ3n) is 6.50. The minimum Gasteiger partial charge on any atom is -0.347 e. The van der Waals surface area contributed by atoms with Crippen LogP contribution in [0.4, 0.5) is 0 Å². The average Bonchev–Trinajstić information content (AvgIpc) is 3.30. The van der Waals surface area contributed by atoms with Crippen molar-refractivity contribution in [2.75, 3.05) is 6.54 Å². The molecule has 0 saturated heterocycles. The van der Waals surface area contributed by atoms with Crippen LogP contribution >= 0.6 is 11.8 Å². The highest BCUT2D eigenvalue weighted by Crippen LogP contribution is 2.33. The number of amides is 2. The summed E-state index contributed by atoms with van der Waals surface area (Å²) < 4.78 is 0. The van der Waals surface area contributed by atoms with Gasteiger partial charge in [-0.25, -0.2) is 20.8 Å². The maximum absolute atomic E-state index is 12.9. The lowest BCUT2D eigenvalue weighted by Crippen LogP contribution is -2.42. The number of thioether (sulfide) groups is 1. The van der Waals surface area contributed by atoms with Gasteiger partial charge in [0.05, 0.1) is 6.04 Å². The number of hydrazine groups is 2. The van der Waals surface area contributed by atoms with Gasteiger partial charge in [-0.1, -0.05) is 25.1 Å². The molecule has 2 unspecified atom stereocenters. The van der Waals surface area contributed by atoms with E-state index in [1.54, 1.807) is 0 Å². The Balaban J connectivity index is 1.37. The van der Waals surface area contributed by atoms with Gasteiger partial charge in [0.2, 0.25) is 0 Å². The summed E-state index contributed by atoms with van der Waals surface area (Å²) in [6, 6.07) is 7.22. The Bertz CT molecular complexity index is 1100. The van der Waals surface area contributed by atoms with Gasteiger partial charge in [-0.05, 0) is 59.8 Å². The number of hydrogen-bond acceptors (Lipinski definition) is 9. The molecule has 1 aromatic heterocycles. The van der Waals surface area contributed by atoms with Gasteiger partial charge < -0.3 is 10.6 Å². The molecular formula is C24H32N8O2S. The molecule has 0 spiro atoms. The van der Waals surface area contributed by atoms with Gasteiger partial charge in [-0.2, -0.15) is 0 Å². The Kier molecular flexibility index (Phi) is 8.47.